The highest BCUT2D eigenvalue weighted by Crippen LogP contribution is 2.29. The number of carbonyl (C=O) groups is 1. The highest BCUT2D eigenvalue weighted by Gasteiger charge is 2.13. The van der Waals surface area contributed by atoms with Crippen LogP contribution in [0.1, 0.15) is 0 Å². The second-order valence-corrected chi connectivity index (χ2v) is 4.65. The van der Waals surface area contributed by atoms with Crippen molar-refractivity contribution in [2.75, 3.05) is 26.1 Å². The first kappa shape index (κ1) is 17.1. The third kappa shape index (κ3) is 4.35. The molecule has 0 aliphatic heterocycles. The summed E-state index contributed by atoms with van der Waals surface area (Å²) >= 11 is 0. The number of benzene rings is 2. The quantitative estimate of drug-likeness (QED) is 0.618. The van der Waals surface area contributed by atoms with Crippen LogP contribution in [0, 0.1) is 10.1 Å². The Bertz CT molecular complexity index is 730. The minimum atomic E-state index is -0.541. The van der Waals surface area contributed by atoms with Crippen molar-refractivity contribution in [3.63, 3.8) is 0 Å². The Hall–Kier alpha value is -3.29. The van der Waals surface area contributed by atoms with Crippen molar-refractivity contribution in [2.24, 2.45) is 0 Å². The lowest BCUT2D eigenvalue weighted by Gasteiger charge is -2.11. The van der Waals surface area contributed by atoms with Crippen molar-refractivity contribution in [3.8, 4) is 17.2 Å². The number of ether oxygens (including phenoxy) is 3. The number of methoxy groups -OCH3 is 2. The van der Waals surface area contributed by atoms with Gasteiger partial charge in [-0.3, -0.25) is 14.9 Å². The lowest BCUT2D eigenvalue weighted by Crippen LogP contribution is -2.20. The molecule has 0 saturated carbocycles. The summed E-state index contributed by atoms with van der Waals surface area (Å²) in [4.78, 5) is 22.1. The molecule has 0 aliphatic carbocycles. The number of anilines is 1. The first-order valence-corrected chi connectivity index (χ1v) is 6.92. The van der Waals surface area contributed by atoms with Gasteiger partial charge in [-0.1, -0.05) is 0 Å². The topological polar surface area (TPSA) is 99.9 Å². The molecular weight excluding hydrogens is 316 g/mol. The van der Waals surface area contributed by atoms with Gasteiger partial charge in [0.25, 0.3) is 11.6 Å². The summed E-state index contributed by atoms with van der Waals surface area (Å²) in [6.07, 6.45) is 0. The summed E-state index contributed by atoms with van der Waals surface area (Å²) in [6.45, 7) is -0.216. The van der Waals surface area contributed by atoms with Gasteiger partial charge in [0.2, 0.25) is 0 Å². The van der Waals surface area contributed by atoms with Gasteiger partial charge in [0.1, 0.15) is 17.2 Å². The lowest BCUT2D eigenvalue weighted by atomic mass is 10.2. The number of amides is 1. The first-order valence-electron chi connectivity index (χ1n) is 6.92. The maximum absolute atomic E-state index is 11.9. The Morgan fingerprint density at radius 2 is 1.75 bits per heavy atom. The lowest BCUT2D eigenvalue weighted by molar-refractivity contribution is -0.384. The molecule has 0 saturated heterocycles. The molecule has 1 amide bonds. The summed E-state index contributed by atoms with van der Waals surface area (Å²) < 4.78 is 15.4. The molecule has 8 heteroatoms. The molecule has 0 bridgehead atoms. The highest BCUT2D eigenvalue weighted by atomic mass is 16.6. The van der Waals surface area contributed by atoms with Crippen LogP contribution in [-0.2, 0) is 4.79 Å². The first-order chi connectivity index (χ1) is 11.5. The molecule has 24 heavy (non-hydrogen) atoms. The molecular formula is C16H16N2O6. The van der Waals surface area contributed by atoms with Gasteiger partial charge in [0.15, 0.2) is 6.61 Å². The van der Waals surface area contributed by atoms with E-state index in [4.69, 9.17) is 14.2 Å². The van der Waals surface area contributed by atoms with E-state index in [2.05, 4.69) is 5.32 Å². The molecule has 0 aromatic heterocycles. The molecule has 2 aromatic rings. The molecule has 0 aliphatic rings. The van der Waals surface area contributed by atoms with E-state index in [1.165, 1.54) is 25.3 Å². The van der Waals surface area contributed by atoms with E-state index >= 15 is 0 Å². The summed E-state index contributed by atoms with van der Waals surface area (Å²) in [6, 6.07) is 10.7. The minimum absolute atomic E-state index is 0.126. The second kappa shape index (κ2) is 7.82. The van der Waals surface area contributed by atoms with Gasteiger partial charge in [-0.2, -0.15) is 0 Å². The molecule has 0 spiro atoms. The standard InChI is InChI=1S/C16H16N2O6/c1-22-12-4-6-13(7-5-12)24-10-16(19)17-14-8-3-11(18(20)21)9-15(14)23-2/h3-9H,10H2,1-2H3,(H,17,19). The molecule has 0 heterocycles. The maximum Gasteiger partial charge on any atom is 0.273 e. The SMILES string of the molecule is COc1ccc(OCC(=O)Nc2ccc([N+](=O)[O-])cc2OC)cc1. The van der Waals surface area contributed by atoms with Gasteiger partial charge in [0.05, 0.1) is 30.9 Å². The number of carbonyl (C=O) groups excluding carboxylic acids is 1. The van der Waals surface area contributed by atoms with Crippen LogP contribution < -0.4 is 19.5 Å². The monoisotopic (exact) mass is 332 g/mol. The van der Waals surface area contributed by atoms with Gasteiger partial charge in [-0.15, -0.1) is 0 Å². The van der Waals surface area contributed by atoms with Crippen molar-refractivity contribution >= 4 is 17.3 Å². The zero-order valence-electron chi connectivity index (χ0n) is 13.1. The van der Waals surface area contributed by atoms with E-state index < -0.39 is 10.8 Å². The van der Waals surface area contributed by atoms with Crippen LogP contribution in [0.3, 0.4) is 0 Å². The Kier molecular flexibility index (Phi) is 5.56. The molecule has 0 atom stereocenters. The summed E-state index contributed by atoms with van der Waals surface area (Å²) in [5.41, 5.74) is 0.200. The predicted octanol–water partition coefficient (Wildman–Crippen LogP) is 2.63. The van der Waals surface area contributed by atoms with E-state index in [1.54, 1.807) is 31.4 Å². The fraction of sp³-hybridized carbons (Fsp3) is 0.188. The fourth-order valence-corrected chi connectivity index (χ4v) is 1.90. The van der Waals surface area contributed by atoms with Crippen LogP contribution in [0.4, 0.5) is 11.4 Å². The average Bonchev–Trinajstić information content (AvgIpc) is 2.60. The number of hydrogen-bond donors (Lipinski definition) is 1. The molecule has 0 radical (unpaired) electrons. The minimum Gasteiger partial charge on any atom is -0.497 e. The van der Waals surface area contributed by atoms with Gasteiger partial charge in [-0.25, -0.2) is 0 Å². The zero-order chi connectivity index (χ0) is 17.5. The normalized spacial score (nSPS) is 9.92. The highest BCUT2D eigenvalue weighted by molar-refractivity contribution is 5.93. The van der Waals surface area contributed by atoms with Crippen LogP contribution in [0.15, 0.2) is 42.5 Å². The summed E-state index contributed by atoms with van der Waals surface area (Å²) in [5.74, 6) is 0.976. The van der Waals surface area contributed by atoms with Crippen LogP contribution in [-0.4, -0.2) is 31.7 Å². The summed E-state index contributed by atoms with van der Waals surface area (Å²) in [5, 5.41) is 13.3. The Morgan fingerprint density at radius 1 is 1.08 bits per heavy atom. The smallest absolute Gasteiger partial charge is 0.273 e. The van der Waals surface area contributed by atoms with Crippen LogP contribution in [0.5, 0.6) is 17.2 Å². The molecule has 2 aromatic carbocycles. The number of hydrogen-bond acceptors (Lipinski definition) is 6. The molecule has 2 rings (SSSR count). The molecule has 0 fully saturated rings. The van der Waals surface area contributed by atoms with E-state index in [-0.39, 0.29) is 18.0 Å². The van der Waals surface area contributed by atoms with E-state index in [1.807, 2.05) is 0 Å². The van der Waals surface area contributed by atoms with Crippen molar-refractivity contribution in [1.82, 2.24) is 0 Å². The van der Waals surface area contributed by atoms with Crippen LogP contribution >= 0.6 is 0 Å². The van der Waals surface area contributed by atoms with Gasteiger partial charge in [-0.05, 0) is 30.3 Å². The Morgan fingerprint density at radius 3 is 2.33 bits per heavy atom. The fourth-order valence-electron chi connectivity index (χ4n) is 1.90. The van der Waals surface area contributed by atoms with Crippen molar-refractivity contribution in [1.29, 1.82) is 0 Å². The summed E-state index contributed by atoms with van der Waals surface area (Å²) in [7, 11) is 2.92. The average molecular weight is 332 g/mol. The zero-order valence-corrected chi connectivity index (χ0v) is 13.1. The van der Waals surface area contributed by atoms with E-state index in [0.717, 1.165) is 0 Å². The van der Waals surface area contributed by atoms with Gasteiger partial charge >= 0.3 is 0 Å². The second-order valence-electron chi connectivity index (χ2n) is 4.65. The third-order valence-corrected chi connectivity index (χ3v) is 3.10. The van der Waals surface area contributed by atoms with Crippen molar-refractivity contribution in [3.05, 3.63) is 52.6 Å². The van der Waals surface area contributed by atoms with Crippen LogP contribution in [0.25, 0.3) is 0 Å². The number of rotatable bonds is 7. The van der Waals surface area contributed by atoms with Gasteiger partial charge < -0.3 is 19.5 Å². The van der Waals surface area contributed by atoms with Gasteiger partial charge in [0, 0.05) is 6.07 Å². The Labute approximate surface area is 138 Å². The van der Waals surface area contributed by atoms with Crippen LogP contribution in [0.2, 0.25) is 0 Å². The molecule has 126 valence electrons. The van der Waals surface area contributed by atoms with E-state index in [9.17, 15) is 14.9 Å². The largest absolute Gasteiger partial charge is 0.497 e. The number of nitrogens with zero attached hydrogens (tertiary/aromatic N) is 1. The number of nitro groups is 1. The maximum atomic E-state index is 11.9. The van der Waals surface area contributed by atoms with Crippen molar-refractivity contribution < 1.29 is 23.9 Å². The Balaban J connectivity index is 1.97. The number of nitro benzene ring substituents is 1. The predicted molar refractivity (Wildman–Crippen MR) is 86.8 cm³/mol. The van der Waals surface area contributed by atoms with E-state index in [0.29, 0.717) is 17.2 Å². The molecule has 8 nitrogen and oxygen atoms in total. The third-order valence-electron chi connectivity index (χ3n) is 3.10. The molecule has 1 N–H and O–H groups in total. The van der Waals surface area contributed by atoms with Crippen molar-refractivity contribution in [2.45, 2.75) is 0 Å². The number of non-ortho nitro benzene ring substituents is 1. The molecule has 0 unspecified atom stereocenters. The number of nitrogens with one attached hydrogen (secondary N) is 1.